The molecule has 0 spiro atoms. The summed E-state index contributed by atoms with van der Waals surface area (Å²) in [5, 5.41) is 5.47. The van der Waals surface area contributed by atoms with Crippen molar-refractivity contribution in [3.05, 3.63) is 85.3 Å². The van der Waals surface area contributed by atoms with Crippen LogP contribution in [0.2, 0.25) is 20.1 Å². The lowest BCUT2D eigenvalue weighted by molar-refractivity contribution is -0.117. The number of rotatable bonds is 6. The van der Waals surface area contributed by atoms with Gasteiger partial charge < -0.3 is 20.1 Å². The summed E-state index contributed by atoms with van der Waals surface area (Å²) in [7, 11) is 0. The third-order valence-corrected chi connectivity index (χ3v) is 9.25. The maximum Gasteiger partial charge on any atom is 0.424 e. The molecule has 9 nitrogen and oxygen atoms in total. The van der Waals surface area contributed by atoms with E-state index in [-0.39, 0.29) is 36.2 Å². The largest absolute Gasteiger partial charge is 0.443 e. The van der Waals surface area contributed by atoms with Gasteiger partial charge in [-0.3, -0.25) is 9.59 Å². The van der Waals surface area contributed by atoms with Crippen molar-refractivity contribution in [2.45, 2.75) is 70.5 Å². The average Bonchev–Trinajstić information content (AvgIpc) is 3.55. The molecule has 1 aliphatic carbocycles. The molecule has 4 rings (SSSR count). The van der Waals surface area contributed by atoms with Gasteiger partial charge in [0.2, 0.25) is 5.91 Å². The van der Waals surface area contributed by atoms with E-state index in [1.54, 1.807) is 19.1 Å². The molecular weight excluding hydrogens is 762 g/mol. The van der Waals surface area contributed by atoms with Crippen LogP contribution in [0.25, 0.3) is 0 Å². The van der Waals surface area contributed by atoms with Crippen molar-refractivity contribution in [3.8, 4) is 0 Å². The van der Waals surface area contributed by atoms with Crippen LogP contribution in [0.3, 0.4) is 0 Å². The molecule has 3 atom stereocenters. The normalized spacial score (nSPS) is 18.6. The minimum atomic E-state index is -1.49. The lowest BCUT2D eigenvalue weighted by atomic mass is 10.1. The van der Waals surface area contributed by atoms with Crippen LogP contribution in [0.15, 0.2) is 42.5 Å². The number of nitrogens with one attached hydrogen (secondary N) is 2. The standard InChI is InChI=1S/C34H32Cl5F2N3O6/c1-32(2,3)49-30(47)44(31(48)50-33(4,5)6)27-21(40)10-11-22(26(27)41)43-28(45)17-14-16(8-9-18(17)35)42-29(46)24-23(34(24,7)39)15-12-19(36)25(38)20(37)13-15/h8-14,23-24H,1-7H3,(H,42,46)(H,43,45)/t23-,24+,34?/m0/s1. The van der Waals surface area contributed by atoms with Gasteiger partial charge in [-0.2, -0.15) is 4.90 Å². The first-order valence-electron chi connectivity index (χ1n) is 14.9. The third-order valence-electron chi connectivity index (χ3n) is 7.26. The van der Waals surface area contributed by atoms with Crippen LogP contribution in [0, 0.1) is 17.6 Å². The van der Waals surface area contributed by atoms with Crippen LogP contribution in [-0.4, -0.2) is 40.1 Å². The zero-order valence-electron chi connectivity index (χ0n) is 27.7. The van der Waals surface area contributed by atoms with E-state index in [0.29, 0.717) is 5.56 Å². The SMILES string of the molecule is CC(C)(C)OC(=O)N(C(=O)OC(C)(C)C)c1c(F)ccc(NC(=O)c2cc(NC(=O)[C@H]3[C@H](c4cc(Cl)c(Cl)c(Cl)c4)C3(C)Cl)ccc2Cl)c1F. The second-order valence-electron chi connectivity index (χ2n) is 13.6. The Bertz CT molecular complexity index is 1840. The summed E-state index contributed by atoms with van der Waals surface area (Å²) in [5.74, 6) is -5.47. The van der Waals surface area contributed by atoms with Crippen molar-refractivity contribution in [3.63, 3.8) is 0 Å². The number of carbonyl (C=O) groups is 4. The van der Waals surface area contributed by atoms with Crippen molar-refractivity contribution in [1.29, 1.82) is 0 Å². The fourth-order valence-electron chi connectivity index (χ4n) is 5.06. The minimum Gasteiger partial charge on any atom is -0.443 e. The highest BCUT2D eigenvalue weighted by Crippen LogP contribution is 2.63. The number of hydrogen-bond donors (Lipinski definition) is 2. The number of amides is 4. The highest BCUT2D eigenvalue weighted by Gasteiger charge is 2.65. The Morgan fingerprint density at radius 3 is 1.86 bits per heavy atom. The second-order valence-corrected chi connectivity index (χ2v) is 16.0. The zero-order valence-corrected chi connectivity index (χ0v) is 31.5. The molecule has 1 aliphatic rings. The molecule has 0 aliphatic heterocycles. The molecule has 2 N–H and O–H groups in total. The lowest BCUT2D eigenvalue weighted by Gasteiger charge is -2.29. The summed E-state index contributed by atoms with van der Waals surface area (Å²) in [6.07, 6.45) is -2.85. The van der Waals surface area contributed by atoms with Gasteiger partial charge in [-0.15, -0.1) is 11.6 Å². The van der Waals surface area contributed by atoms with Crippen LogP contribution in [0.5, 0.6) is 0 Å². The van der Waals surface area contributed by atoms with Crippen LogP contribution >= 0.6 is 58.0 Å². The highest BCUT2D eigenvalue weighted by atomic mass is 35.5. The summed E-state index contributed by atoms with van der Waals surface area (Å²) >= 11 is 31.4. The molecule has 0 heterocycles. The van der Waals surface area contributed by atoms with Crippen molar-refractivity contribution >= 4 is 99.1 Å². The van der Waals surface area contributed by atoms with Gasteiger partial charge >= 0.3 is 12.2 Å². The predicted molar refractivity (Wildman–Crippen MR) is 191 cm³/mol. The Morgan fingerprint density at radius 2 is 1.34 bits per heavy atom. The van der Waals surface area contributed by atoms with E-state index >= 15 is 8.78 Å². The maximum absolute atomic E-state index is 16.0. The Kier molecular flexibility index (Phi) is 11.3. The first-order valence-corrected chi connectivity index (χ1v) is 16.8. The summed E-state index contributed by atoms with van der Waals surface area (Å²) in [5.41, 5.74) is -3.53. The molecule has 50 heavy (non-hydrogen) atoms. The number of imide groups is 1. The quantitative estimate of drug-likeness (QED) is 0.190. The molecule has 268 valence electrons. The van der Waals surface area contributed by atoms with Crippen LogP contribution in [0.1, 0.15) is 70.3 Å². The van der Waals surface area contributed by atoms with Crippen LogP contribution in [0.4, 0.5) is 35.4 Å². The van der Waals surface area contributed by atoms with E-state index in [9.17, 15) is 19.2 Å². The number of carbonyl (C=O) groups excluding carboxylic acids is 4. The van der Waals surface area contributed by atoms with E-state index in [1.807, 2.05) is 0 Å². The van der Waals surface area contributed by atoms with Gasteiger partial charge in [-0.05, 0) is 96.5 Å². The summed E-state index contributed by atoms with van der Waals surface area (Å²) in [6, 6.07) is 8.80. The van der Waals surface area contributed by atoms with Crippen molar-refractivity contribution < 1.29 is 37.4 Å². The Hall–Kier alpha value is -3.35. The fraction of sp³-hybridized carbons (Fsp3) is 0.353. The van der Waals surface area contributed by atoms with Crippen LogP contribution < -0.4 is 15.5 Å². The number of halogens is 7. The van der Waals surface area contributed by atoms with Gasteiger partial charge in [0, 0.05) is 11.6 Å². The number of ether oxygens (including phenoxy) is 2. The molecule has 3 aromatic rings. The fourth-order valence-corrected chi connectivity index (χ4v) is 6.30. The Balaban J connectivity index is 1.60. The monoisotopic (exact) mass is 791 g/mol. The molecule has 0 aromatic heterocycles. The Morgan fingerprint density at radius 1 is 0.800 bits per heavy atom. The van der Waals surface area contributed by atoms with Crippen molar-refractivity contribution in [1.82, 2.24) is 0 Å². The smallest absolute Gasteiger partial charge is 0.424 e. The molecule has 0 radical (unpaired) electrons. The number of alkyl halides is 1. The highest BCUT2D eigenvalue weighted by molar-refractivity contribution is 6.48. The molecule has 1 fully saturated rings. The Labute approximate surface area is 312 Å². The molecule has 16 heteroatoms. The van der Waals surface area contributed by atoms with Gasteiger partial charge in [0.15, 0.2) is 11.6 Å². The number of benzene rings is 3. The van der Waals surface area contributed by atoms with Gasteiger partial charge in [0.1, 0.15) is 16.9 Å². The number of hydrogen-bond acceptors (Lipinski definition) is 6. The second kappa shape index (κ2) is 14.3. The molecule has 0 bridgehead atoms. The van der Waals surface area contributed by atoms with E-state index in [2.05, 4.69) is 10.6 Å². The first kappa shape index (κ1) is 39.4. The van der Waals surface area contributed by atoms with Crippen LogP contribution in [-0.2, 0) is 14.3 Å². The topological polar surface area (TPSA) is 114 Å². The van der Waals surface area contributed by atoms with Gasteiger partial charge in [0.05, 0.1) is 42.1 Å². The molecular formula is C34H32Cl5F2N3O6. The van der Waals surface area contributed by atoms with E-state index in [1.165, 1.54) is 59.7 Å². The summed E-state index contributed by atoms with van der Waals surface area (Å²) in [6.45, 7) is 10.6. The van der Waals surface area contributed by atoms with Gasteiger partial charge in [-0.1, -0.05) is 46.4 Å². The number of anilines is 3. The maximum atomic E-state index is 16.0. The summed E-state index contributed by atoms with van der Waals surface area (Å²) < 4.78 is 41.6. The van der Waals surface area contributed by atoms with Gasteiger partial charge in [-0.25, -0.2) is 18.4 Å². The minimum absolute atomic E-state index is 0.0711. The molecule has 1 saturated carbocycles. The first-order chi connectivity index (χ1) is 22.9. The lowest BCUT2D eigenvalue weighted by Crippen LogP contribution is -2.44. The van der Waals surface area contributed by atoms with Gasteiger partial charge in [0.25, 0.3) is 5.91 Å². The van der Waals surface area contributed by atoms with Crippen molar-refractivity contribution in [2.24, 2.45) is 5.92 Å². The average molecular weight is 794 g/mol. The summed E-state index contributed by atoms with van der Waals surface area (Å²) in [4.78, 5) is 51.9. The molecule has 3 aromatic carbocycles. The zero-order chi connectivity index (χ0) is 37.7. The molecule has 1 unspecified atom stereocenters. The third kappa shape index (κ3) is 8.74. The van der Waals surface area contributed by atoms with E-state index < -0.39 is 74.9 Å². The molecule has 0 saturated heterocycles. The van der Waals surface area contributed by atoms with E-state index in [0.717, 1.165) is 12.1 Å². The number of nitrogens with zero attached hydrogens (tertiary/aromatic N) is 1. The van der Waals surface area contributed by atoms with Crippen molar-refractivity contribution in [2.75, 3.05) is 15.5 Å². The van der Waals surface area contributed by atoms with E-state index in [4.69, 9.17) is 67.5 Å². The molecule has 4 amide bonds. The predicted octanol–water partition coefficient (Wildman–Crippen LogP) is 10.9.